The van der Waals surface area contributed by atoms with Crippen molar-refractivity contribution in [1.29, 1.82) is 0 Å². The number of non-ortho nitro benzene ring substituents is 1. The van der Waals surface area contributed by atoms with Crippen molar-refractivity contribution in [2.45, 2.75) is 11.3 Å². The average molecular weight is 349 g/mol. The first-order chi connectivity index (χ1) is 10.3. The number of sulfonamides is 1. The van der Waals surface area contributed by atoms with Gasteiger partial charge in [0, 0.05) is 12.1 Å². The van der Waals surface area contributed by atoms with E-state index in [-0.39, 0.29) is 11.6 Å². The highest BCUT2D eigenvalue weighted by molar-refractivity contribution is 7.90. The van der Waals surface area contributed by atoms with E-state index in [0.717, 1.165) is 18.2 Å². The lowest BCUT2D eigenvalue weighted by Crippen LogP contribution is -2.33. The number of nitro groups is 1. The molecule has 0 fully saturated rings. The number of nitrogens with zero attached hydrogens (tertiary/aromatic N) is 1. The van der Waals surface area contributed by atoms with Crippen molar-refractivity contribution in [2.75, 3.05) is 13.2 Å². The molecule has 1 N–H and O–H groups in total. The first kappa shape index (κ1) is 18.1. The van der Waals surface area contributed by atoms with Crippen LogP contribution in [0.15, 0.2) is 35.7 Å². The molecule has 0 aromatic heterocycles. The van der Waals surface area contributed by atoms with Crippen LogP contribution in [-0.4, -0.2) is 32.5 Å². The molecule has 1 aromatic rings. The zero-order valence-electron chi connectivity index (χ0n) is 11.3. The second-order valence-electron chi connectivity index (χ2n) is 4.03. The number of nitro benzene ring substituents is 1. The Morgan fingerprint density at radius 2 is 2.18 bits per heavy atom. The largest absolute Gasteiger partial charge is 0.371 e. The Morgan fingerprint density at radius 1 is 1.50 bits per heavy atom. The van der Waals surface area contributed by atoms with E-state index in [0.29, 0.717) is 6.42 Å². The van der Waals surface area contributed by atoms with E-state index in [1.807, 2.05) is 0 Å². The summed E-state index contributed by atoms with van der Waals surface area (Å²) >= 11 is 5.72. The number of ether oxygens (including phenoxy) is 1. The molecule has 10 heteroatoms. The Balaban J connectivity index is 2.86. The van der Waals surface area contributed by atoms with Crippen LogP contribution in [0.4, 0.5) is 5.69 Å². The Labute approximate surface area is 131 Å². The van der Waals surface area contributed by atoms with E-state index < -0.39 is 38.0 Å². The van der Waals surface area contributed by atoms with Gasteiger partial charge >= 0.3 is 0 Å². The molecule has 1 amide bonds. The number of nitrogens with one attached hydrogen (secondary N) is 1. The van der Waals surface area contributed by atoms with Crippen molar-refractivity contribution in [1.82, 2.24) is 4.72 Å². The van der Waals surface area contributed by atoms with Gasteiger partial charge in [0.1, 0.15) is 11.5 Å². The molecule has 0 saturated heterocycles. The summed E-state index contributed by atoms with van der Waals surface area (Å²) in [5.41, 5.74) is -0.459. The zero-order valence-corrected chi connectivity index (χ0v) is 12.9. The highest BCUT2D eigenvalue weighted by Crippen LogP contribution is 2.25. The normalized spacial score (nSPS) is 11.0. The Hall–Kier alpha value is -1.97. The van der Waals surface area contributed by atoms with Crippen LogP contribution in [0.1, 0.15) is 6.42 Å². The smallest absolute Gasteiger partial charge is 0.270 e. The maximum Gasteiger partial charge on any atom is 0.270 e. The van der Waals surface area contributed by atoms with Crippen LogP contribution in [-0.2, 0) is 19.6 Å². The van der Waals surface area contributed by atoms with Gasteiger partial charge in [-0.3, -0.25) is 14.9 Å². The highest BCUT2D eigenvalue weighted by Gasteiger charge is 2.23. The minimum Gasteiger partial charge on any atom is -0.371 e. The molecular formula is C12H13ClN2O6S. The second kappa shape index (κ2) is 7.87. The lowest BCUT2D eigenvalue weighted by molar-refractivity contribution is -0.385. The van der Waals surface area contributed by atoms with Gasteiger partial charge in [0.15, 0.2) is 0 Å². The molecule has 120 valence electrons. The predicted octanol–water partition coefficient (Wildman–Crippen LogP) is 1.65. The molecule has 0 saturated carbocycles. The Kier molecular flexibility index (Phi) is 6.47. The summed E-state index contributed by atoms with van der Waals surface area (Å²) in [5, 5.41) is 10.4. The summed E-state index contributed by atoms with van der Waals surface area (Å²) in [4.78, 5) is 20.9. The molecular weight excluding hydrogens is 336 g/mol. The molecule has 0 bridgehead atoms. The fourth-order valence-electron chi connectivity index (χ4n) is 1.38. The predicted molar refractivity (Wildman–Crippen MR) is 79.1 cm³/mol. The molecule has 0 atom stereocenters. The topological polar surface area (TPSA) is 116 Å². The summed E-state index contributed by atoms with van der Waals surface area (Å²) in [6.07, 6.45) is 2.09. The molecule has 8 nitrogen and oxygen atoms in total. The van der Waals surface area contributed by atoms with Gasteiger partial charge in [-0.15, -0.1) is 6.58 Å². The monoisotopic (exact) mass is 348 g/mol. The molecule has 1 rings (SSSR count). The SMILES string of the molecule is C=CCCOCC(=O)NS(=O)(=O)c1cc([N+](=O)[O-])ccc1Cl. The van der Waals surface area contributed by atoms with Gasteiger partial charge in [-0.25, -0.2) is 13.1 Å². The molecule has 0 spiro atoms. The van der Waals surface area contributed by atoms with Crippen LogP contribution in [0.5, 0.6) is 0 Å². The maximum atomic E-state index is 12.0. The van der Waals surface area contributed by atoms with E-state index in [1.54, 1.807) is 10.8 Å². The molecule has 1 aromatic carbocycles. The average Bonchev–Trinajstić information content (AvgIpc) is 2.43. The number of hydrogen-bond donors (Lipinski definition) is 1. The van der Waals surface area contributed by atoms with E-state index in [2.05, 4.69) is 6.58 Å². The van der Waals surface area contributed by atoms with Crippen molar-refractivity contribution < 1.29 is 22.9 Å². The molecule has 22 heavy (non-hydrogen) atoms. The van der Waals surface area contributed by atoms with Crippen molar-refractivity contribution in [3.05, 3.63) is 46.0 Å². The van der Waals surface area contributed by atoms with Gasteiger partial charge in [0.05, 0.1) is 16.6 Å². The Bertz CT molecular complexity index is 689. The van der Waals surface area contributed by atoms with Crippen molar-refractivity contribution >= 4 is 33.2 Å². The minimum absolute atomic E-state index is 0.217. The molecule has 0 aliphatic heterocycles. The number of rotatable bonds is 8. The van der Waals surface area contributed by atoms with Gasteiger partial charge in [-0.05, 0) is 12.5 Å². The highest BCUT2D eigenvalue weighted by atomic mass is 35.5. The first-order valence-corrected chi connectivity index (χ1v) is 7.82. The fourth-order valence-corrected chi connectivity index (χ4v) is 2.87. The summed E-state index contributed by atoms with van der Waals surface area (Å²) in [6.45, 7) is 3.21. The van der Waals surface area contributed by atoms with E-state index in [1.165, 1.54) is 0 Å². The third-order valence-corrected chi connectivity index (χ3v) is 4.22. The summed E-state index contributed by atoms with van der Waals surface area (Å²) in [7, 11) is -4.32. The zero-order chi connectivity index (χ0) is 16.8. The number of carbonyl (C=O) groups is 1. The maximum absolute atomic E-state index is 12.0. The third kappa shape index (κ3) is 5.10. The number of amides is 1. The van der Waals surface area contributed by atoms with E-state index in [9.17, 15) is 23.3 Å². The van der Waals surface area contributed by atoms with Crippen LogP contribution in [0.2, 0.25) is 5.02 Å². The third-order valence-electron chi connectivity index (χ3n) is 2.36. The van der Waals surface area contributed by atoms with Gasteiger partial charge in [-0.2, -0.15) is 0 Å². The van der Waals surface area contributed by atoms with E-state index >= 15 is 0 Å². The first-order valence-electron chi connectivity index (χ1n) is 5.96. The van der Waals surface area contributed by atoms with Crippen molar-refractivity contribution in [3.8, 4) is 0 Å². The standard InChI is InChI=1S/C12H13ClN2O6S/c1-2-3-6-21-8-12(16)14-22(19,20)11-7-9(15(17)18)4-5-10(11)13/h2,4-5,7H,1,3,6,8H2,(H,14,16). The van der Waals surface area contributed by atoms with Gasteiger partial charge in [0.25, 0.3) is 21.6 Å². The molecule has 0 unspecified atom stereocenters. The van der Waals surface area contributed by atoms with Gasteiger partial charge < -0.3 is 4.74 Å². The molecule has 0 aliphatic rings. The number of carbonyl (C=O) groups excluding carboxylic acids is 1. The lowest BCUT2D eigenvalue weighted by atomic mass is 10.3. The quantitative estimate of drug-likeness (QED) is 0.330. The van der Waals surface area contributed by atoms with Gasteiger partial charge in [0.2, 0.25) is 0 Å². The molecule has 0 aliphatic carbocycles. The summed E-state index contributed by atoms with van der Waals surface area (Å²) in [6, 6.07) is 2.90. The number of halogens is 1. The van der Waals surface area contributed by atoms with E-state index in [4.69, 9.17) is 16.3 Å². The number of hydrogen-bond acceptors (Lipinski definition) is 6. The lowest BCUT2D eigenvalue weighted by Gasteiger charge is -2.08. The minimum atomic E-state index is -4.32. The Morgan fingerprint density at radius 3 is 2.77 bits per heavy atom. The van der Waals surface area contributed by atoms with Gasteiger partial charge in [-0.1, -0.05) is 17.7 Å². The molecule has 0 radical (unpaired) electrons. The second-order valence-corrected chi connectivity index (χ2v) is 6.09. The summed E-state index contributed by atoms with van der Waals surface area (Å²) in [5.74, 6) is -0.911. The van der Waals surface area contributed by atoms with Crippen molar-refractivity contribution in [2.24, 2.45) is 0 Å². The van der Waals surface area contributed by atoms with Crippen LogP contribution in [0.25, 0.3) is 0 Å². The van der Waals surface area contributed by atoms with Crippen molar-refractivity contribution in [3.63, 3.8) is 0 Å². The molecule has 0 heterocycles. The number of benzene rings is 1. The van der Waals surface area contributed by atoms with Crippen LogP contribution in [0.3, 0.4) is 0 Å². The van der Waals surface area contributed by atoms with Crippen LogP contribution >= 0.6 is 11.6 Å². The van der Waals surface area contributed by atoms with Crippen LogP contribution < -0.4 is 4.72 Å². The van der Waals surface area contributed by atoms with Crippen LogP contribution in [0, 0.1) is 10.1 Å². The summed E-state index contributed by atoms with van der Waals surface area (Å²) < 4.78 is 30.7. The fraction of sp³-hybridized carbons (Fsp3) is 0.250.